The molecule has 0 fully saturated rings. The maximum atomic E-state index is 13.3. The van der Waals surface area contributed by atoms with Gasteiger partial charge in [-0.25, -0.2) is 4.39 Å². The van der Waals surface area contributed by atoms with Gasteiger partial charge in [-0.15, -0.1) is 11.8 Å². The van der Waals surface area contributed by atoms with Crippen LogP contribution in [0.1, 0.15) is 5.56 Å². The first-order valence-electron chi connectivity index (χ1n) is 5.38. The van der Waals surface area contributed by atoms with Crippen LogP contribution in [-0.2, 0) is 5.75 Å². The Hall–Kier alpha value is -1.40. The molecular weight excluding hydrogens is 333 g/mol. The molecule has 0 aromatic heterocycles. The molecule has 2 aromatic carbocycles. The van der Waals surface area contributed by atoms with Gasteiger partial charge in [0.1, 0.15) is 5.82 Å². The zero-order valence-electron chi connectivity index (χ0n) is 9.68. The smallest absolute Gasteiger partial charge is 0.258 e. The van der Waals surface area contributed by atoms with E-state index in [-0.39, 0.29) is 11.5 Å². The number of halogens is 2. The molecule has 0 aliphatic heterocycles. The van der Waals surface area contributed by atoms with Crippen LogP contribution in [0.3, 0.4) is 0 Å². The molecule has 0 radical (unpaired) electrons. The van der Waals surface area contributed by atoms with Crippen molar-refractivity contribution in [2.45, 2.75) is 10.6 Å². The summed E-state index contributed by atoms with van der Waals surface area (Å²) in [5.41, 5.74) is 0.916. The Morgan fingerprint density at radius 1 is 1.21 bits per heavy atom. The van der Waals surface area contributed by atoms with Gasteiger partial charge in [-0.1, -0.05) is 12.1 Å². The molecule has 0 aliphatic carbocycles. The average molecular weight is 342 g/mol. The summed E-state index contributed by atoms with van der Waals surface area (Å²) in [7, 11) is 0. The summed E-state index contributed by atoms with van der Waals surface area (Å²) in [6.07, 6.45) is 0. The van der Waals surface area contributed by atoms with E-state index in [0.29, 0.717) is 10.2 Å². The van der Waals surface area contributed by atoms with Crippen molar-refractivity contribution < 1.29 is 9.31 Å². The molecule has 0 saturated heterocycles. The van der Waals surface area contributed by atoms with Crippen molar-refractivity contribution in [2.24, 2.45) is 0 Å². The highest BCUT2D eigenvalue weighted by Gasteiger charge is 2.07. The summed E-state index contributed by atoms with van der Waals surface area (Å²) in [6.45, 7) is 0. The van der Waals surface area contributed by atoms with Crippen LogP contribution in [0.5, 0.6) is 0 Å². The normalized spacial score (nSPS) is 10.4. The highest BCUT2D eigenvalue weighted by Crippen LogP contribution is 2.29. The number of hydrogen-bond donors (Lipinski definition) is 0. The Labute approximate surface area is 122 Å². The van der Waals surface area contributed by atoms with E-state index >= 15 is 0 Å². The number of rotatable bonds is 4. The lowest BCUT2D eigenvalue weighted by Gasteiger charge is -2.05. The van der Waals surface area contributed by atoms with Crippen LogP contribution in [-0.4, -0.2) is 4.92 Å². The van der Waals surface area contributed by atoms with E-state index in [9.17, 15) is 14.5 Å². The van der Waals surface area contributed by atoms with Crippen LogP contribution in [0.25, 0.3) is 0 Å². The second-order valence-electron chi connectivity index (χ2n) is 3.75. The van der Waals surface area contributed by atoms with E-state index in [0.717, 1.165) is 10.5 Å². The lowest BCUT2D eigenvalue weighted by Crippen LogP contribution is -1.88. The topological polar surface area (TPSA) is 43.1 Å². The van der Waals surface area contributed by atoms with Crippen LogP contribution >= 0.6 is 27.7 Å². The molecule has 0 heterocycles. The minimum Gasteiger partial charge on any atom is -0.258 e. The fourth-order valence-electron chi connectivity index (χ4n) is 1.49. The second-order valence-corrected chi connectivity index (χ2v) is 5.59. The van der Waals surface area contributed by atoms with Gasteiger partial charge in [-0.05, 0) is 39.7 Å². The third-order valence-corrected chi connectivity index (χ3v) is 4.42. The number of nitro groups is 1. The van der Waals surface area contributed by atoms with E-state index in [1.807, 2.05) is 6.07 Å². The summed E-state index contributed by atoms with van der Waals surface area (Å²) in [5, 5.41) is 10.5. The molecule has 0 atom stereocenters. The van der Waals surface area contributed by atoms with Gasteiger partial charge >= 0.3 is 0 Å². The minimum atomic E-state index is -0.433. The molecule has 0 spiro atoms. The molecule has 0 amide bonds. The standard InChI is InChI=1S/C13H9BrFNO2S/c14-13-9(2-1-3-12(13)15)8-19-11-6-4-10(5-7-11)16(17)18/h1-7H,8H2. The molecule has 0 saturated carbocycles. The van der Waals surface area contributed by atoms with E-state index in [2.05, 4.69) is 15.9 Å². The van der Waals surface area contributed by atoms with Gasteiger partial charge in [0.2, 0.25) is 0 Å². The highest BCUT2D eigenvalue weighted by atomic mass is 79.9. The van der Waals surface area contributed by atoms with Crippen molar-refractivity contribution in [1.82, 2.24) is 0 Å². The Kier molecular flexibility index (Phi) is 4.55. The van der Waals surface area contributed by atoms with E-state index < -0.39 is 4.92 Å². The molecule has 3 nitrogen and oxygen atoms in total. The van der Waals surface area contributed by atoms with Crippen molar-refractivity contribution in [3.8, 4) is 0 Å². The second kappa shape index (κ2) is 6.16. The minimum absolute atomic E-state index is 0.0660. The van der Waals surface area contributed by atoms with E-state index in [4.69, 9.17) is 0 Å². The first kappa shape index (κ1) is 14.0. The molecule has 2 rings (SSSR count). The Morgan fingerprint density at radius 3 is 2.53 bits per heavy atom. The van der Waals surface area contributed by atoms with Crippen molar-refractivity contribution in [2.75, 3.05) is 0 Å². The average Bonchev–Trinajstić information content (AvgIpc) is 2.41. The predicted octanol–water partition coefficient (Wildman–Crippen LogP) is 4.79. The SMILES string of the molecule is O=[N+]([O-])c1ccc(SCc2cccc(F)c2Br)cc1. The molecule has 0 N–H and O–H groups in total. The van der Waals surface area contributed by atoms with Gasteiger partial charge in [-0.2, -0.15) is 0 Å². The van der Waals surface area contributed by atoms with Crippen molar-refractivity contribution >= 4 is 33.4 Å². The van der Waals surface area contributed by atoms with Gasteiger partial charge in [0.25, 0.3) is 5.69 Å². The highest BCUT2D eigenvalue weighted by molar-refractivity contribution is 9.10. The van der Waals surface area contributed by atoms with Crippen LogP contribution < -0.4 is 0 Å². The van der Waals surface area contributed by atoms with E-state index in [1.54, 1.807) is 18.2 Å². The lowest BCUT2D eigenvalue weighted by molar-refractivity contribution is -0.384. The summed E-state index contributed by atoms with van der Waals surface area (Å²) in [5.74, 6) is 0.303. The number of thioether (sulfide) groups is 1. The van der Waals surface area contributed by atoms with Gasteiger partial charge in [0.15, 0.2) is 0 Å². The summed E-state index contributed by atoms with van der Waals surface area (Å²) in [6, 6.07) is 11.2. The Bertz CT molecular complexity index is 604. The Morgan fingerprint density at radius 2 is 1.89 bits per heavy atom. The molecule has 0 unspecified atom stereocenters. The third-order valence-electron chi connectivity index (χ3n) is 2.47. The summed E-state index contributed by atoms with van der Waals surface area (Å²) >= 11 is 4.70. The van der Waals surface area contributed by atoms with Crippen LogP contribution in [0.15, 0.2) is 51.8 Å². The monoisotopic (exact) mass is 341 g/mol. The van der Waals surface area contributed by atoms with Gasteiger partial charge in [0, 0.05) is 22.8 Å². The van der Waals surface area contributed by atoms with E-state index in [1.165, 1.54) is 30.0 Å². The number of benzene rings is 2. The van der Waals surface area contributed by atoms with Gasteiger partial charge in [0.05, 0.1) is 9.40 Å². The molecular formula is C13H9BrFNO2S. The number of nitro benzene ring substituents is 1. The van der Waals surface area contributed by atoms with Crippen LogP contribution in [0.4, 0.5) is 10.1 Å². The first-order valence-corrected chi connectivity index (χ1v) is 7.16. The summed E-state index contributed by atoms with van der Waals surface area (Å²) < 4.78 is 13.8. The zero-order valence-corrected chi connectivity index (χ0v) is 12.1. The molecule has 98 valence electrons. The lowest BCUT2D eigenvalue weighted by atomic mass is 10.2. The Balaban J connectivity index is 2.06. The van der Waals surface area contributed by atoms with Gasteiger partial charge in [-0.3, -0.25) is 10.1 Å². The number of hydrogen-bond acceptors (Lipinski definition) is 3. The fourth-order valence-corrected chi connectivity index (χ4v) is 2.97. The predicted molar refractivity (Wildman–Crippen MR) is 76.8 cm³/mol. The van der Waals surface area contributed by atoms with Crippen molar-refractivity contribution in [1.29, 1.82) is 0 Å². The first-order chi connectivity index (χ1) is 9.08. The largest absolute Gasteiger partial charge is 0.269 e. The van der Waals surface area contributed by atoms with Crippen LogP contribution in [0, 0.1) is 15.9 Å². The van der Waals surface area contributed by atoms with Crippen molar-refractivity contribution in [3.63, 3.8) is 0 Å². The molecule has 19 heavy (non-hydrogen) atoms. The maximum absolute atomic E-state index is 13.3. The zero-order chi connectivity index (χ0) is 13.8. The number of non-ortho nitro benzene ring substituents is 1. The van der Waals surface area contributed by atoms with Crippen molar-refractivity contribution in [3.05, 3.63) is 68.4 Å². The van der Waals surface area contributed by atoms with Gasteiger partial charge < -0.3 is 0 Å². The number of nitrogens with zero attached hydrogens (tertiary/aromatic N) is 1. The third kappa shape index (κ3) is 3.54. The van der Waals surface area contributed by atoms with Crippen LogP contribution in [0.2, 0.25) is 0 Å². The molecule has 0 aliphatic rings. The summed E-state index contributed by atoms with van der Waals surface area (Å²) in [4.78, 5) is 11.0. The quantitative estimate of drug-likeness (QED) is 0.456. The molecule has 2 aromatic rings. The molecule has 6 heteroatoms. The molecule has 0 bridgehead atoms. The maximum Gasteiger partial charge on any atom is 0.269 e. The fraction of sp³-hybridized carbons (Fsp3) is 0.0769.